The van der Waals surface area contributed by atoms with Gasteiger partial charge >= 0.3 is 0 Å². The summed E-state index contributed by atoms with van der Waals surface area (Å²) in [5, 5.41) is 2.86. The highest BCUT2D eigenvalue weighted by atomic mass is 127. The number of carbonyl (C=O) groups excluding carboxylic acids is 1. The molecule has 0 bridgehead atoms. The van der Waals surface area contributed by atoms with Crippen LogP contribution in [0.2, 0.25) is 0 Å². The summed E-state index contributed by atoms with van der Waals surface area (Å²) in [4.78, 5) is 16.6. The van der Waals surface area contributed by atoms with Crippen LogP contribution >= 0.6 is 22.6 Å². The molecule has 5 heteroatoms. The van der Waals surface area contributed by atoms with Gasteiger partial charge in [-0.1, -0.05) is 24.3 Å². The van der Waals surface area contributed by atoms with Crippen molar-refractivity contribution in [2.75, 3.05) is 11.9 Å². The Hall–Kier alpha value is -2.67. The van der Waals surface area contributed by atoms with Gasteiger partial charge in [0.2, 0.25) is 0 Å². The van der Waals surface area contributed by atoms with Gasteiger partial charge in [0.15, 0.2) is 6.61 Å². The van der Waals surface area contributed by atoms with E-state index in [1.807, 2.05) is 80.6 Å². The van der Waals surface area contributed by atoms with Crippen molar-refractivity contribution >= 4 is 46.1 Å². The maximum Gasteiger partial charge on any atom is 0.262 e. The summed E-state index contributed by atoms with van der Waals surface area (Å²) in [5.41, 5.74) is 4.91. The predicted octanol–water partition coefficient (Wildman–Crippen LogP) is 5.68. The lowest BCUT2D eigenvalue weighted by molar-refractivity contribution is -0.118. The number of nitrogens with one attached hydrogen (secondary N) is 1. The number of rotatable bonds is 6. The lowest BCUT2D eigenvalue weighted by Crippen LogP contribution is -2.20. The van der Waals surface area contributed by atoms with E-state index in [1.54, 1.807) is 6.21 Å². The van der Waals surface area contributed by atoms with Crippen molar-refractivity contribution in [1.29, 1.82) is 0 Å². The Kier molecular flexibility index (Phi) is 6.81. The zero-order chi connectivity index (χ0) is 19.9. The molecule has 0 spiro atoms. The lowest BCUT2D eigenvalue weighted by atomic mass is 10.1. The van der Waals surface area contributed by atoms with Gasteiger partial charge in [0.1, 0.15) is 5.75 Å². The van der Waals surface area contributed by atoms with Gasteiger partial charge in [-0.3, -0.25) is 9.79 Å². The maximum absolute atomic E-state index is 12.1. The molecule has 0 heterocycles. The number of ether oxygens (including phenoxy) is 1. The predicted molar refractivity (Wildman–Crippen MR) is 123 cm³/mol. The van der Waals surface area contributed by atoms with Crippen LogP contribution in [0.3, 0.4) is 0 Å². The highest BCUT2D eigenvalue weighted by molar-refractivity contribution is 14.1. The van der Waals surface area contributed by atoms with Crippen LogP contribution in [0.1, 0.15) is 16.7 Å². The van der Waals surface area contributed by atoms with Crippen molar-refractivity contribution in [3.63, 3.8) is 0 Å². The monoisotopic (exact) mass is 484 g/mol. The second kappa shape index (κ2) is 9.50. The Bertz CT molecular complexity index is 1010. The minimum Gasteiger partial charge on any atom is -0.484 e. The van der Waals surface area contributed by atoms with Gasteiger partial charge in [0.05, 0.1) is 5.69 Å². The number of aryl methyl sites for hydroxylation is 2. The second-order valence-electron chi connectivity index (χ2n) is 6.45. The van der Waals surface area contributed by atoms with Crippen molar-refractivity contribution in [3.8, 4) is 5.75 Å². The van der Waals surface area contributed by atoms with Crippen molar-refractivity contribution in [2.45, 2.75) is 13.8 Å². The van der Waals surface area contributed by atoms with Crippen molar-refractivity contribution in [3.05, 3.63) is 87.0 Å². The van der Waals surface area contributed by atoms with E-state index in [0.29, 0.717) is 5.75 Å². The van der Waals surface area contributed by atoms with Gasteiger partial charge in [-0.05, 0) is 95.6 Å². The van der Waals surface area contributed by atoms with E-state index in [0.717, 1.165) is 26.1 Å². The summed E-state index contributed by atoms with van der Waals surface area (Å²) < 4.78 is 6.77. The number of aliphatic imine (C=N–C) groups is 1. The number of anilines is 1. The molecule has 3 rings (SSSR count). The first-order valence-electron chi connectivity index (χ1n) is 8.89. The molecule has 3 aromatic rings. The fourth-order valence-electron chi connectivity index (χ4n) is 2.56. The maximum atomic E-state index is 12.1. The first-order valence-corrected chi connectivity index (χ1v) is 9.97. The number of hydrogen-bond donors (Lipinski definition) is 1. The molecule has 4 nitrogen and oxygen atoms in total. The fourth-order valence-corrected chi connectivity index (χ4v) is 3.08. The Labute approximate surface area is 178 Å². The van der Waals surface area contributed by atoms with E-state index in [1.165, 1.54) is 5.56 Å². The van der Waals surface area contributed by atoms with Crippen LogP contribution in [-0.2, 0) is 4.79 Å². The molecule has 28 heavy (non-hydrogen) atoms. The third-order valence-electron chi connectivity index (χ3n) is 4.19. The van der Waals surface area contributed by atoms with Crippen LogP contribution in [0.5, 0.6) is 5.75 Å². The topological polar surface area (TPSA) is 50.7 Å². The molecule has 0 aliphatic heterocycles. The van der Waals surface area contributed by atoms with Crippen LogP contribution in [0.4, 0.5) is 11.4 Å². The summed E-state index contributed by atoms with van der Waals surface area (Å²) in [7, 11) is 0. The zero-order valence-corrected chi connectivity index (χ0v) is 17.9. The van der Waals surface area contributed by atoms with Gasteiger partial charge in [0, 0.05) is 15.5 Å². The zero-order valence-electron chi connectivity index (χ0n) is 15.8. The molecule has 0 atom stereocenters. The highest BCUT2D eigenvalue weighted by Crippen LogP contribution is 2.17. The van der Waals surface area contributed by atoms with Gasteiger partial charge in [0.25, 0.3) is 5.91 Å². The number of amides is 1. The molecule has 0 aliphatic carbocycles. The largest absolute Gasteiger partial charge is 0.484 e. The van der Waals surface area contributed by atoms with Gasteiger partial charge in [-0.15, -0.1) is 0 Å². The van der Waals surface area contributed by atoms with E-state index in [9.17, 15) is 4.79 Å². The van der Waals surface area contributed by atoms with Crippen LogP contribution in [0.25, 0.3) is 0 Å². The van der Waals surface area contributed by atoms with Crippen molar-refractivity contribution < 1.29 is 9.53 Å². The van der Waals surface area contributed by atoms with E-state index in [4.69, 9.17) is 4.74 Å². The fraction of sp³-hybridized carbons (Fsp3) is 0.130. The first kappa shape index (κ1) is 20.1. The van der Waals surface area contributed by atoms with Crippen molar-refractivity contribution in [2.24, 2.45) is 4.99 Å². The molecule has 0 aromatic heterocycles. The lowest BCUT2D eigenvalue weighted by Gasteiger charge is -2.09. The molecular formula is C23H21IN2O2. The minimum absolute atomic E-state index is 0.0512. The Balaban J connectivity index is 1.58. The van der Waals surface area contributed by atoms with E-state index in [-0.39, 0.29) is 12.5 Å². The standard InChI is InChI=1S/C23H21IN2O2/c1-16-9-10-21(11-17(16)2)26-23(27)15-28-22-8-3-5-18(12-22)14-25-20-7-4-6-19(24)13-20/h3-14H,15H2,1-2H3,(H,26,27). The number of halogens is 1. The van der Waals surface area contributed by atoms with Crippen LogP contribution in [-0.4, -0.2) is 18.7 Å². The van der Waals surface area contributed by atoms with Crippen LogP contribution in [0, 0.1) is 17.4 Å². The van der Waals surface area contributed by atoms with Crippen LogP contribution in [0.15, 0.2) is 71.7 Å². The molecule has 1 amide bonds. The molecular weight excluding hydrogens is 463 g/mol. The second-order valence-corrected chi connectivity index (χ2v) is 7.69. The number of carbonyl (C=O) groups is 1. The molecule has 0 saturated carbocycles. The molecule has 3 aromatic carbocycles. The summed E-state index contributed by atoms with van der Waals surface area (Å²) in [6.45, 7) is 4.01. The van der Waals surface area contributed by atoms with Gasteiger partial charge in [-0.25, -0.2) is 0 Å². The Morgan fingerprint density at radius 2 is 1.86 bits per heavy atom. The van der Waals surface area contributed by atoms with Crippen molar-refractivity contribution in [1.82, 2.24) is 0 Å². The summed E-state index contributed by atoms with van der Waals surface area (Å²) in [6.07, 6.45) is 1.79. The van der Waals surface area contributed by atoms with E-state index < -0.39 is 0 Å². The highest BCUT2D eigenvalue weighted by Gasteiger charge is 2.05. The molecule has 1 N–H and O–H groups in total. The Morgan fingerprint density at radius 1 is 1.04 bits per heavy atom. The average Bonchev–Trinajstić information content (AvgIpc) is 2.68. The minimum atomic E-state index is -0.193. The first-order chi connectivity index (χ1) is 13.5. The summed E-state index contributed by atoms with van der Waals surface area (Å²) in [6, 6.07) is 21.3. The third-order valence-corrected chi connectivity index (χ3v) is 4.86. The molecule has 0 saturated heterocycles. The molecule has 0 fully saturated rings. The number of nitrogens with zero attached hydrogens (tertiary/aromatic N) is 1. The summed E-state index contributed by atoms with van der Waals surface area (Å²) >= 11 is 2.26. The molecule has 0 aliphatic rings. The van der Waals surface area contributed by atoms with Crippen LogP contribution < -0.4 is 10.1 Å². The summed E-state index contributed by atoms with van der Waals surface area (Å²) in [5.74, 6) is 0.433. The SMILES string of the molecule is Cc1ccc(NC(=O)COc2cccc(C=Nc3cccc(I)c3)c2)cc1C. The number of hydrogen-bond acceptors (Lipinski definition) is 3. The number of benzene rings is 3. The smallest absolute Gasteiger partial charge is 0.262 e. The quantitative estimate of drug-likeness (QED) is 0.362. The van der Waals surface area contributed by atoms with E-state index >= 15 is 0 Å². The normalized spacial score (nSPS) is 10.8. The molecule has 0 unspecified atom stereocenters. The molecule has 142 valence electrons. The third kappa shape index (κ3) is 5.92. The Morgan fingerprint density at radius 3 is 2.64 bits per heavy atom. The average molecular weight is 484 g/mol. The molecule has 0 radical (unpaired) electrons. The van der Waals surface area contributed by atoms with Gasteiger partial charge < -0.3 is 10.1 Å². The van der Waals surface area contributed by atoms with E-state index in [2.05, 4.69) is 32.9 Å². The van der Waals surface area contributed by atoms with Gasteiger partial charge in [-0.2, -0.15) is 0 Å².